The van der Waals surface area contributed by atoms with E-state index in [9.17, 15) is 9.90 Å². The number of hydrogen-bond acceptors (Lipinski definition) is 4. The second-order valence-electron chi connectivity index (χ2n) is 8.32. The van der Waals surface area contributed by atoms with Crippen LogP contribution in [0.25, 0.3) is 11.3 Å². The Morgan fingerprint density at radius 2 is 2.03 bits per heavy atom. The fourth-order valence-electron chi connectivity index (χ4n) is 3.96. The summed E-state index contributed by atoms with van der Waals surface area (Å²) in [6.45, 7) is 3.79. The standard InChI is InChI=1S/C22H28ClN3O3/c1-15-10-20(25-26(15)12-17-13-29-17)16-6-7-19(23)18(11-16)21(27)24-14-22(28)8-4-2-3-5-9-22/h6-7,10-11,17,28H,2-5,8-9,12-14H2,1H3,(H,24,27)/t17-/m1/s1. The van der Waals surface area contributed by atoms with Gasteiger partial charge in [0, 0.05) is 17.8 Å². The number of benzene rings is 1. The van der Waals surface area contributed by atoms with E-state index in [1.807, 2.05) is 23.7 Å². The van der Waals surface area contributed by atoms with Crippen molar-refractivity contribution in [1.82, 2.24) is 15.1 Å². The molecule has 1 amide bonds. The molecule has 4 rings (SSSR count). The third-order valence-corrected chi connectivity index (χ3v) is 6.21. The van der Waals surface area contributed by atoms with Gasteiger partial charge in [-0.2, -0.15) is 5.10 Å². The summed E-state index contributed by atoms with van der Waals surface area (Å²) >= 11 is 6.31. The van der Waals surface area contributed by atoms with Crippen LogP contribution < -0.4 is 5.32 Å². The summed E-state index contributed by atoms with van der Waals surface area (Å²) < 4.78 is 7.22. The number of halogens is 1. The second kappa shape index (κ2) is 8.46. The van der Waals surface area contributed by atoms with E-state index in [0.29, 0.717) is 10.6 Å². The molecule has 1 aromatic heterocycles. The van der Waals surface area contributed by atoms with Crippen LogP contribution in [0.3, 0.4) is 0 Å². The fraction of sp³-hybridized carbons (Fsp3) is 0.545. The Morgan fingerprint density at radius 3 is 2.72 bits per heavy atom. The molecule has 2 aromatic rings. The molecule has 2 fully saturated rings. The van der Waals surface area contributed by atoms with Gasteiger partial charge in [0.2, 0.25) is 0 Å². The maximum atomic E-state index is 12.8. The molecular formula is C22H28ClN3O3. The van der Waals surface area contributed by atoms with Crippen molar-refractivity contribution >= 4 is 17.5 Å². The van der Waals surface area contributed by atoms with Crippen LogP contribution in [-0.2, 0) is 11.3 Å². The summed E-state index contributed by atoms with van der Waals surface area (Å²) in [7, 11) is 0. The minimum absolute atomic E-state index is 0.252. The number of epoxide rings is 1. The first-order valence-electron chi connectivity index (χ1n) is 10.4. The van der Waals surface area contributed by atoms with Crippen LogP contribution in [0.4, 0.5) is 0 Å². The molecule has 1 atom stereocenters. The van der Waals surface area contributed by atoms with E-state index in [2.05, 4.69) is 10.4 Å². The number of nitrogens with zero attached hydrogens (tertiary/aromatic N) is 2. The SMILES string of the molecule is Cc1cc(-c2ccc(Cl)c(C(=O)NCC3(O)CCCCCC3)c2)nn1C[C@@H]1CO1. The maximum Gasteiger partial charge on any atom is 0.252 e. The Bertz CT molecular complexity index is 883. The van der Waals surface area contributed by atoms with E-state index < -0.39 is 5.60 Å². The van der Waals surface area contributed by atoms with E-state index >= 15 is 0 Å². The molecule has 0 unspecified atom stereocenters. The van der Waals surface area contributed by atoms with Crippen LogP contribution in [0.1, 0.15) is 54.6 Å². The summed E-state index contributed by atoms with van der Waals surface area (Å²) in [5, 5.41) is 18.7. The van der Waals surface area contributed by atoms with Crippen LogP contribution >= 0.6 is 11.6 Å². The molecule has 2 N–H and O–H groups in total. The van der Waals surface area contributed by atoms with E-state index in [4.69, 9.17) is 16.3 Å². The zero-order valence-electron chi connectivity index (χ0n) is 16.8. The fourth-order valence-corrected chi connectivity index (χ4v) is 4.17. The van der Waals surface area contributed by atoms with E-state index in [1.165, 1.54) is 0 Å². The third kappa shape index (κ3) is 5.00. The normalized spacial score (nSPS) is 20.9. The van der Waals surface area contributed by atoms with Crippen LogP contribution in [0, 0.1) is 6.92 Å². The molecule has 29 heavy (non-hydrogen) atoms. The van der Waals surface area contributed by atoms with Crippen LogP contribution in [0.15, 0.2) is 24.3 Å². The zero-order valence-corrected chi connectivity index (χ0v) is 17.5. The average molecular weight is 418 g/mol. The first-order chi connectivity index (χ1) is 13.9. The van der Waals surface area contributed by atoms with E-state index in [1.54, 1.807) is 12.1 Å². The number of rotatable bonds is 6. The van der Waals surface area contributed by atoms with Gasteiger partial charge in [-0.3, -0.25) is 9.48 Å². The molecule has 2 heterocycles. The van der Waals surface area contributed by atoms with Gasteiger partial charge in [0.25, 0.3) is 5.91 Å². The molecule has 1 aliphatic heterocycles. The van der Waals surface area contributed by atoms with Gasteiger partial charge in [-0.15, -0.1) is 0 Å². The summed E-state index contributed by atoms with van der Waals surface area (Å²) in [6, 6.07) is 7.37. The predicted molar refractivity (Wildman–Crippen MR) is 112 cm³/mol. The van der Waals surface area contributed by atoms with Crippen molar-refractivity contribution in [3.05, 3.63) is 40.5 Å². The van der Waals surface area contributed by atoms with Crippen molar-refractivity contribution in [2.24, 2.45) is 0 Å². The van der Waals surface area contributed by atoms with Crippen molar-refractivity contribution < 1.29 is 14.6 Å². The maximum absolute atomic E-state index is 12.8. The number of aromatic nitrogens is 2. The molecule has 0 bridgehead atoms. The van der Waals surface area contributed by atoms with Crippen molar-refractivity contribution in [3.63, 3.8) is 0 Å². The third-order valence-electron chi connectivity index (χ3n) is 5.88. The van der Waals surface area contributed by atoms with Gasteiger partial charge in [0.1, 0.15) is 6.10 Å². The number of aliphatic hydroxyl groups is 1. The van der Waals surface area contributed by atoms with Gasteiger partial charge in [0.05, 0.1) is 35.0 Å². The minimum atomic E-state index is -0.822. The summed E-state index contributed by atoms with van der Waals surface area (Å²) in [4.78, 5) is 12.8. The Balaban J connectivity index is 1.48. The first-order valence-corrected chi connectivity index (χ1v) is 10.8. The van der Waals surface area contributed by atoms with Gasteiger partial charge < -0.3 is 15.2 Å². The molecule has 7 heteroatoms. The topological polar surface area (TPSA) is 79.7 Å². The lowest BCUT2D eigenvalue weighted by Gasteiger charge is -2.26. The highest BCUT2D eigenvalue weighted by Crippen LogP contribution is 2.28. The number of aryl methyl sites for hydroxylation is 1. The molecule has 1 saturated heterocycles. The molecule has 2 aliphatic rings. The molecule has 1 saturated carbocycles. The van der Waals surface area contributed by atoms with Gasteiger partial charge in [-0.1, -0.05) is 43.4 Å². The number of hydrogen-bond donors (Lipinski definition) is 2. The van der Waals surface area contributed by atoms with Gasteiger partial charge in [-0.25, -0.2) is 0 Å². The van der Waals surface area contributed by atoms with Crippen molar-refractivity contribution in [1.29, 1.82) is 0 Å². The highest BCUT2D eigenvalue weighted by Gasteiger charge is 2.29. The lowest BCUT2D eigenvalue weighted by molar-refractivity contribution is 0.0246. The Hall–Kier alpha value is -1.89. The molecule has 0 spiro atoms. The second-order valence-corrected chi connectivity index (χ2v) is 8.73. The predicted octanol–water partition coefficient (Wildman–Crippen LogP) is 3.73. The molecule has 1 aliphatic carbocycles. The highest BCUT2D eigenvalue weighted by molar-refractivity contribution is 6.34. The van der Waals surface area contributed by atoms with Gasteiger partial charge >= 0.3 is 0 Å². The smallest absolute Gasteiger partial charge is 0.252 e. The molecular weight excluding hydrogens is 390 g/mol. The van der Waals surface area contributed by atoms with E-state index in [0.717, 1.165) is 68.6 Å². The number of nitrogens with one attached hydrogen (secondary N) is 1. The number of ether oxygens (including phenoxy) is 1. The minimum Gasteiger partial charge on any atom is -0.388 e. The first kappa shape index (κ1) is 20.4. The molecule has 0 radical (unpaired) electrons. The average Bonchev–Trinajstić information content (AvgIpc) is 3.48. The van der Waals surface area contributed by atoms with Crippen LogP contribution in [0.2, 0.25) is 5.02 Å². The van der Waals surface area contributed by atoms with Crippen molar-refractivity contribution in [2.45, 2.75) is 63.7 Å². The molecule has 6 nitrogen and oxygen atoms in total. The van der Waals surface area contributed by atoms with Crippen molar-refractivity contribution in [2.75, 3.05) is 13.2 Å². The Morgan fingerprint density at radius 1 is 1.31 bits per heavy atom. The van der Waals surface area contributed by atoms with Crippen molar-refractivity contribution in [3.8, 4) is 11.3 Å². The lowest BCUT2D eigenvalue weighted by atomic mass is 9.94. The quantitative estimate of drug-likeness (QED) is 0.554. The Labute approximate surface area is 176 Å². The zero-order chi connectivity index (χ0) is 20.4. The monoisotopic (exact) mass is 417 g/mol. The largest absolute Gasteiger partial charge is 0.388 e. The number of amides is 1. The lowest BCUT2D eigenvalue weighted by Crippen LogP contribution is -2.42. The summed E-state index contributed by atoms with van der Waals surface area (Å²) in [5.41, 5.74) is 2.27. The Kier molecular flexibility index (Phi) is 5.95. The number of carbonyl (C=O) groups is 1. The summed E-state index contributed by atoms with van der Waals surface area (Å²) in [5.74, 6) is -0.267. The van der Waals surface area contributed by atoms with Gasteiger partial charge in [-0.05, 0) is 38.0 Å². The molecule has 156 valence electrons. The van der Waals surface area contributed by atoms with E-state index in [-0.39, 0.29) is 18.6 Å². The van der Waals surface area contributed by atoms with Gasteiger partial charge in [0.15, 0.2) is 0 Å². The molecule has 1 aromatic carbocycles. The summed E-state index contributed by atoms with van der Waals surface area (Å²) in [6.07, 6.45) is 5.98. The van der Waals surface area contributed by atoms with Crippen LogP contribution in [-0.4, -0.2) is 45.7 Å². The van der Waals surface area contributed by atoms with Crippen LogP contribution in [0.5, 0.6) is 0 Å². The highest BCUT2D eigenvalue weighted by atomic mass is 35.5. The number of carbonyl (C=O) groups excluding carboxylic acids is 1.